The number of nitrogens with zero attached hydrogens (tertiary/aromatic N) is 1. The predicted octanol–water partition coefficient (Wildman–Crippen LogP) is 1.02. The standard InChI is InChI=1S/C12H22N2O2/c1-8(2)12(16)13-6-10-5-11(15)14(7-10)9(3)4/h8-10H,5-7H2,1-4H3,(H,13,16). The number of rotatable bonds is 4. The summed E-state index contributed by atoms with van der Waals surface area (Å²) in [4.78, 5) is 24.9. The Hall–Kier alpha value is -1.06. The fourth-order valence-corrected chi connectivity index (χ4v) is 1.89. The third-order valence-electron chi connectivity index (χ3n) is 2.95. The maximum Gasteiger partial charge on any atom is 0.223 e. The van der Waals surface area contributed by atoms with Crippen molar-refractivity contribution in [3.05, 3.63) is 0 Å². The fourth-order valence-electron chi connectivity index (χ4n) is 1.89. The van der Waals surface area contributed by atoms with Crippen molar-refractivity contribution in [1.29, 1.82) is 0 Å². The smallest absolute Gasteiger partial charge is 0.223 e. The minimum absolute atomic E-state index is 0.0123. The summed E-state index contributed by atoms with van der Waals surface area (Å²) in [7, 11) is 0. The lowest BCUT2D eigenvalue weighted by Gasteiger charge is -2.21. The molecular formula is C12H22N2O2. The van der Waals surface area contributed by atoms with Gasteiger partial charge in [0.2, 0.25) is 11.8 Å². The number of likely N-dealkylation sites (tertiary alicyclic amines) is 1. The molecule has 1 heterocycles. The molecule has 0 spiro atoms. The second kappa shape index (κ2) is 5.32. The summed E-state index contributed by atoms with van der Waals surface area (Å²) in [5.41, 5.74) is 0. The van der Waals surface area contributed by atoms with Crippen molar-refractivity contribution >= 4 is 11.8 Å². The highest BCUT2D eigenvalue weighted by Crippen LogP contribution is 2.19. The van der Waals surface area contributed by atoms with Gasteiger partial charge in [-0.15, -0.1) is 0 Å². The van der Waals surface area contributed by atoms with E-state index in [1.54, 1.807) is 0 Å². The lowest BCUT2D eigenvalue weighted by Crippen LogP contribution is -2.35. The Kier molecular flexibility index (Phi) is 4.33. The van der Waals surface area contributed by atoms with E-state index in [4.69, 9.17) is 0 Å². The maximum atomic E-state index is 11.6. The van der Waals surface area contributed by atoms with Gasteiger partial charge in [0.1, 0.15) is 0 Å². The first-order valence-electron chi connectivity index (χ1n) is 5.99. The molecule has 0 aromatic carbocycles. The van der Waals surface area contributed by atoms with E-state index in [0.29, 0.717) is 13.0 Å². The van der Waals surface area contributed by atoms with E-state index in [-0.39, 0.29) is 29.7 Å². The van der Waals surface area contributed by atoms with Gasteiger partial charge in [-0.05, 0) is 13.8 Å². The van der Waals surface area contributed by atoms with Crippen molar-refractivity contribution in [1.82, 2.24) is 10.2 Å². The van der Waals surface area contributed by atoms with Crippen molar-refractivity contribution in [2.24, 2.45) is 11.8 Å². The number of amides is 2. The molecule has 1 N–H and O–H groups in total. The lowest BCUT2D eigenvalue weighted by molar-refractivity contribution is -0.129. The molecule has 92 valence electrons. The monoisotopic (exact) mass is 226 g/mol. The van der Waals surface area contributed by atoms with Gasteiger partial charge < -0.3 is 10.2 Å². The first-order valence-corrected chi connectivity index (χ1v) is 5.99. The van der Waals surface area contributed by atoms with E-state index < -0.39 is 0 Å². The van der Waals surface area contributed by atoms with E-state index in [9.17, 15) is 9.59 Å². The molecule has 0 bridgehead atoms. The zero-order valence-corrected chi connectivity index (χ0v) is 10.6. The van der Waals surface area contributed by atoms with Crippen molar-refractivity contribution < 1.29 is 9.59 Å². The van der Waals surface area contributed by atoms with Crippen LogP contribution >= 0.6 is 0 Å². The fraction of sp³-hybridized carbons (Fsp3) is 0.833. The van der Waals surface area contributed by atoms with E-state index in [2.05, 4.69) is 5.32 Å². The second-order valence-electron chi connectivity index (χ2n) is 5.11. The van der Waals surface area contributed by atoms with Crippen LogP contribution in [-0.2, 0) is 9.59 Å². The Morgan fingerprint density at radius 2 is 2.06 bits per heavy atom. The molecule has 1 saturated heterocycles. The Morgan fingerprint density at radius 1 is 1.44 bits per heavy atom. The molecule has 1 aliphatic heterocycles. The molecule has 4 nitrogen and oxygen atoms in total. The quantitative estimate of drug-likeness (QED) is 0.778. The van der Waals surface area contributed by atoms with Gasteiger partial charge in [-0.25, -0.2) is 0 Å². The van der Waals surface area contributed by atoms with Gasteiger partial charge in [0, 0.05) is 37.4 Å². The Balaban J connectivity index is 2.36. The molecule has 1 unspecified atom stereocenters. The predicted molar refractivity (Wildman–Crippen MR) is 62.8 cm³/mol. The minimum Gasteiger partial charge on any atom is -0.356 e. The highest BCUT2D eigenvalue weighted by molar-refractivity contribution is 5.80. The number of carbonyl (C=O) groups is 2. The van der Waals surface area contributed by atoms with Crippen LogP contribution in [0.15, 0.2) is 0 Å². The summed E-state index contributed by atoms with van der Waals surface area (Å²) < 4.78 is 0. The van der Waals surface area contributed by atoms with Gasteiger partial charge in [-0.3, -0.25) is 9.59 Å². The summed E-state index contributed by atoms with van der Waals surface area (Å²) in [6.07, 6.45) is 0.566. The zero-order valence-electron chi connectivity index (χ0n) is 10.6. The Bertz CT molecular complexity index is 274. The topological polar surface area (TPSA) is 49.4 Å². The van der Waals surface area contributed by atoms with Gasteiger partial charge in [-0.2, -0.15) is 0 Å². The molecule has 16 heavy (non-hydrogen) atoms. The maximum absolute atomic E-state index is 11.6. The van der Waals surface area contributed by atoms with Crippen molar-refractivity contribution in [3.8, 4) is 0 Å². The molecule has 0 aromatic heterocycles. The van der Waals surface area contributed by atoms with Crippen molar-refractivity contribution in [2.75, 3.05) is 13.1 Å². The molecular weight excluding hydrogens is 204 g/mol. The summed E-state index contributed by atoms with van der Waals surface area (Å²) in [6, 6.07) is 0.262. The van der Waals surface area contributed by atoms with E-state index >= 15 is 0 Å². The van der Waals surface area contributed by atoms with Gasteiger partial charge in [0.05, 0.1) is 0 Å². The molecule has 1 fully saturated rings. The van der Waals surface area contributed by atoms with Crippen LogP contribution < -0.4 is 5.32 Å². The average Bonchev–Trinajstić information content (AvgIpc) is 2.56. The van der Waals surface area contributed by atoms with Crippen molar-refractivity contribution in [2.45, 2.75) is 40.2 Å². The Morgan fingerprint density at radius 3 is 2.50 bits per heavy atom. The molecule has 4 heteroatoms. The normalized spacial score (nSPS) is 21.0. The minimum atomic E-state index is 0.0123. The summed E-state index contributed by atoms with van der Waals surface area (Å²) in [6.45, 7) is 9.17. The van der Waals surface area contributed by atoms with Gasteiger partial charge in [-0.1, -0.05) is 13.8 Å². The molecule has 0 aliphatic carbocycles. The number of carbonyl (C=O) groups excluding carboxylic acids is 2. The second-order valence-corrected chi connectivity index (χ2v) is 5.11. The third kappa shape index (κ3) is 3.22. The number of hydrogen-bond acceptors (Lipinski definition) is 2. The van der Waals surface area contributed by atoms with Gasteiger partial charge in [0.15, 0.2) is 0 Å². The molecule has 1 atom stereocenters. The first-order chi connectivity index (χ1) is 7.41. The largest absolute Gasteiger partial charge is 0.356 e. The van der Waals surface area contributed by atoms with Gasteiger partial charge >= 0.3 is 0 Å². The van der Waals surface area contributed by atoms with Crippen LogP contribution in [0, 0.1) is 11.8 Å². The first kappa shape index (κ1) is 13.0. The molecule has 0 aromatic rings. The average molecular weight is 226 g/mol. The Labute approximate surface area is 97.4 Å². The van der Waals surface area contributed by atoms with Crippen LogP contribution in [0.1, 0.15) is 34.1 Å². The highest BCUT2D eigenvalue weighted by atomic mass is 16.2. The van der Waals surface area contributed by atoms with Crippen LogP contribution in [0.25, 0.3) is 0 Å². The number of nitrogens with one attached hydrogen (secondary N) is 1. The summed E-state index contributed by atoms with van der Waals surface area (Å²) >= 11 is 0. The molecule has 0 saturated carbocycles. The van der Waals surface area contributed by atoms with Gasteiger partial charge in [0.25, 0.3) is 0 Å². The van der Waals surface area contributed by atoms with E-state index in [1.807, 2.05) is 32.6 Å². The molecule has 0 radical (unpaired) electrons. The van der Waals surface area contributed by atoms with E-state index in [1.165, 1.54) is 0 Å². The van der Waals surface area contributed by atoms with E-state index in [0.717, 1.165) is 6.54 Å². The SMILES string of the molecule is CC(C)C(=O)NCC1CC(=O)N(C(C)C)C1. The molecule has 2 amide bonds. The van der Waals surface area contributed by atoms with Crippen molar-refractivity contribution in [3.63, 3.8) is 0 Å². The van der Waals surface area contributed by atoms with Crippen LogP contribution in [0.3, 0.4) is 0 Å². The summed E-state index contributed by atoms with van der Waals surface area (Å²) in [5, 5.41) is 2.89. The molecule has 1 aliphatic rings. The van der Waals surface area contributed by atoms with Crippen LogP contribution in [0.5, 0.6) is 0 Å². The number of hydrogen-bond donors (Lipinski definition) is 1. The van der Waals surface area contributed by atoms with Crippen LogP contribution in [-0.4, -0.2) is 35.8 Å². The molecule has 1 rings (SSSR count). The summed E-state index contributed by atoms with van der Waals surface area (Å²) in [5.74, 6) is 0.560. The van der Waals surface area contributed by atoms with Crippen LogP contribution in [0.2, 0.25) is 0 Å². The zero-order chi connectivity index (χ0) is 12.3. The highest BCUT2D eigenvalue weighted by Gasteiger charge is 2.31. The lowest BCUT2D eigenvalue weighted by atomic mass is 10.1. The van der Waals surface area contributed by atoms with Crippen LogP contribution in [0.4, 0.5) is 0 Å². The third-order valence-corrected chi connectivity index (χ3v) is 2.95.